The predicted octanol–water partition coefficient (Wildman–Crippen LogP) is 8.18. The molecule has 0 aliphatic carbocycles. The normalized spacial score (nSPS) is 14.2. The van der Waals surface area contributed by atoms with Gasteiger partial charge < -0.3 is 24.6 Å². The molecule has 1 atom stereocenters. The Kier molecular flexibility index (Phi) is 26.0. The van der Waals surface area contributed by atoms with Gasteiger partial charge in [-0.25, -0.2) is 0 Å². The van der Waals surface area contributed by atoms with Crippen molar-refractivity contribution in [2.24, 2.45) is 0 Å². The monoisotopic (exact) mass is 729 g/mol. The van der Waals surface area contributed by atoms with E-state index in [1.807, 2.05) is 24.3 Å². The number of benzene rings is 1. The molecule has 1 N–H and O–H groups in total. The number of hydrogen-bond acceptors (Lipinski definition) is 7. The molecular weight excluding hydrogens is 652 g/mol. The van der Waals surface area contributed by atoms with E-state index in [9.17, 15) is 14.4 Å². The number of esters is 1. The summed E-state index contributed by atoms with van der Waals surface area (Å²) in [6, 6.07) is 7.27. The molecule has 1 saturated heterocycles. The molecule has 9 heteroatoms. The molecule has 0 radical (unpaired) electrons. The summed E-state index contributed by atoms with van der Waals surface area (Å²) < 4.78 is 10.8. The van der Waals surface area contributed by atoms with E-state index in [0.717, 1.165) is 82.4 Å². The van der Waals surface area contributed by atoms with E-state index in [4.69, 9.17) is 9.47 Å². The van der Waals surface area contributed by atoms with E-state index in [2.05, 4.69) is 36.0 Å². The van der Waals surface area contributed by atoms with Crippen LogP contribution in [-0.2, 0) is 25.5 Å². The number of unbranched alkanes of at least 4 members (excludes halogenated alkanes) is 16. The van der Waals surface area contributed by atoms with Gasteiger partial charge in [0.15, 0.2) is 6.61 Å². The number of nitrogens with one attached hydrogen (secondary N) is 1. The van der Waals surface area contributed by atoms with Crippen molar-refractivity contribution in [2.45, 2.75) is 155 Å². The van der Waals surface area contributed by atoms with Crippen LogP contribution in [0.3, 0.4) is 0 Å². The van der Waals surface area contributed by atoms with Crippen molar-refractivity contribution < 1.29 is 23.9 Å². The van der Waals surface area contributed by atoms with Crippen LogP contribution in [0.25, 0.3) is 0 Å². The Hall–Kier alpha value is -2.65. The standard InChI is InChI=1S/C43H76N4O5/c1-5-7-9-11-12-13-14-15-16-17-18-20-22-24-42(49)52-37-41(48)47(36-35-46-33-31-45(3)32-34-46)40(23-21-19-10-8-6-2)43(50)44-30-29-38-25-27-39(51-4)28-26-38/h25-28,40H,5-24,29-37H2,1-4H3,(H,44,50). The molecule has 298 valence electrons. The van der Waals surface area contributed by atoms with Crippen LogP contribution in [0, 0.1) is 0 Å². The van der Waals surface area contributed by atoms with Gasteiger partial charge in [-0.3, -0.25) is 19.3 Å². The maximum atomic E-state index is 13.8. The topological polar surface area (TPSA) is 91.4 Å². The maximum Gasteiger partial charge on any atom is 0.306 e. The van der Waals surface area contributed by atoms with Crippen LogP contribution in [0.15, 0.2) is 24.3 Å². The van der Waals surface area contributed by atoms with Crippen LogP contribution in [0.2, 0.25) is 0 Å². The zero-order valence-corrected chi connectivity index (χ0v) is 33.8. The minimum atomic E-state index is -0.600. The van der Waals surface area contributed by atoms with Crippen molar-refractivity contribution in [3.8, 4) is 5.75 Å². The predicted molar refractivity (Wildman–Crippen MR) is 214 cm³/mol. The number of hydrogen-bond donors (Lipinski definition) is 1. The fourth-order valence-electron chi connectivity index (χ4n) is 6.97. The highest BCUT2D eigenvalue weighted by Crippen LogP contribution is 2.16. The third-order valence-electron chi connectivity index (χ3n) is 10.5. The maximum absolute atomic E-state index is 13.8. The summed E-state index contributed by atoms with van der Waals surface area (Å²) >= 11 is 0. The average Bonchev–Trinajstić information content (AvgIpc) is 3.15. The Morgan fingerprint density at radius 2 is 1.29 bits per heavy atom. The number of amides is 2. The number of nitrogens with zero attached hydrogens (tertiary/aromatic N) is 3. The number of methoxy groups -OCH3 is 1. The van der Waals surface area contributed by atoms with Crippen LogP contribution in [0.4, 0.5) is 0 Å². The summed E-state index contributed by atoms with van der Waals surface area (Å²) in [5.74, 6) is 0.0664. The van der Waals surface area contributed by atoms with Crippen molar-refractivity contribution in [1.29, 1.82) is 0 Å². The lowest BCUT2D eigenvalue weighted by Crippen LogP contribution is -2.54. The van der Waals surface area contributed by atoms with Gasteiger partial charge in [0.2, 0.25) is 5.91 Å². The molecule has 1 aromatic rings. The molecular formula is C43H76N4O5. The number of carbonyl (C=O) groups is 3. The second-order valence-electron chi connectivity index (χ2n) is 15.0. The van der Waals surface area contributed by atoms with Crippen molar-refractivity contribution in [3.63, 3.8) is 0 Å². The number of ether oxygens (including phenoxy) is 2. The Balaban J connectivity index is 1.89. The van der Waals surface area contributed by atoms with Gasteiger partial charge in [-0.05, 0) is 44.0 Å². The Morgan fingerprint density at radius 1 is 0.750 bits per heavy atom. The van der Waals surface area contributed by atoms with Crippen molar-refractivity contribution in [3.05, 3.63) is 29.8 Å². The SMILES string of the molecule is CCCCCCCCCCCCCCCC(=O)OCC(=O)N(CCN1CCN(C)CC1)C(CCCCCCC)C(=O)NCCc1ccc(OC)cc1. The number of likely N-dealkylation sites (N-methyl/N-ethyl adjacent to an activating group) is 1. The van der Waals surface area contributed by atoms with Crippen LogP contribution in [-0.4, -0.2) is 105 Å². The number of rotatable bonds is 31. The zero-order chi connectivity index (χ0) is 37.7. The Labute approximate surface area is 317 Å². The fourth-order valence-corrected chi connectivity index (χ4v) is 6.97. The molecule has 2 rings (SSSR count). The van der Waals surface area contributed by atoms with Gasteiger partial charge in [-0.1, -0.05) is 135 Å². The first-order valence-corrected chi connectivity index (χ1v) is 21.1. The quantitative estimate of drug-likeness (QED) is 0.0609. The van der Waals surface area contributed by atoms with Gasteiger partial charge in [0, 0.05) is 52.2 Å². The Bertz CT molecular complexity index is 1060. The van der Waals surface area contributed by atoms with Crippen LogP contribution < -0.4 is 10.1 Å². The van der Waals surface area contributed by atoms with Crippen molar-refractivity contribution in [1.82, 2.24) is 20.0 Å². The molecule has 1 fully saturated rings. The molecule has 1 aromatic carbocycles. The summed E-state index contributed by atoms with van der Waals surface area (Å²) in [6.45, 7) is 9.58. The van der Waals surface area contributed by atoms with Crippen molar-refractivity contribution in [2.75, 3.05) is 66.6 Å². The largest absolute Gasteiger partial charge is 0.497 e. The third-order valence-corrected chi connectivity index (χ3v) is 10.5. The summed E-state index contributed by atoms with van der Waals surface area (Å²) in [4.78, 5) is 46.7. The van der Waals surface area contributed by atoms with Gasteiger partial charge in [-0.2, -0.15) is 0 Å². The number of carbonyl (C=O) groups excluding carboxylic acids is 3. The summed E-state index contributed by atoms with van der Waals surface area (Å²) in [5, 5.41) is 3.13. The van der Waals surface area contributed by atoms with Crippen LogP contribution in [0.1, 0.15) is 148 Å². The fraction of sp³-hybridized carbons (Fsp3) is 0.791. The highest BCUT2D eigenvalue weighted by molar-refractivity contribution is 5.88. The van der Waals surface area contributed by atoms with E-state index in [1.165, 1.54) is 70.6 Å². The smallest absolute Gasteiger partial charge is 0.306 e. The summed E-state index contributed by atoms with van der Waals surface area (Å²) in [7, 11) is 3.78. The van der Waals surface area contributed by atoms with E-state index in [-0.39, 0.29) is 24.4 Å². The van der Waals surface area contributed by atoms with Gasteiger partial charge in [0.25, 0.3) is 5.91 Å². The molecule has 1 aliphatic rings. The lowest BCUT2D eigenvalue weighted by Gasteiger charge is -2.36. The van der Waals surface area contributed by atoms with Crippen LogP contribution in [0.5, 0.6) is 5.75 Å². The first kappa shape index (κ1) is 45.5. The molecule has 9 nitrogen and oxygen atoms in total. The summed E-state index contributed by atoms with van der Waals surface area (Å²) in [6.07, 6.45) is 23.2. The second-order valence-corrected chi connectivity index (χ2v) is 15.0. The lowest BCUT2D eigenvalue weighted by atomic mass is 10.0. The molecule has 0 saturated carbocycles. The summed E-state index contributed by atoms with van der Waals surface area (Å²) in [5.41, 5.74) is 1.11. The minimum absolute atomic E-state index is 0.131. The molecule has 0 aromatic heterocycles. The Morgan fingerprint density at radius 3 is 1.85 bits per heavy atom. The van der Waals surface area contributed by atoms with Gasteiger partial charge in [0.05, 0.1) is 7.11 Å². The highest BCUT2D eigenvalue weighted by Gasteiger charge is 2.30. The molecule has 52 heavy (non-hydrogen) atoms. The van der Waals surface area contributed by atoms with E-state index < -0.39 is 6.04 Å². The minimum Gasteiger partial charge on any atom is -0.497 e. The third kappa shape index (κ3) is 21.2. The van der Waals surface area contributed by atoms with E-state index >= 15 is 0 Å². The van der Waals surface area contributed by atoms with Gasteiger partial charge >= 0.3 is 5.97 Å². The van der Waals surface area contributed by atoms with E-state index in [0.29, 0.717) is 38.9 Å². The molecule has 1 heterocycles. The van der Waals surface area contributed by atoms with Crippen molar-refractivity contribution >= 4 is 17.8 Å². The van der Waals surface area contributed by atoms with E-state index in [1.54, 1.807) is 12.0 Å². The van der Waals surface area contributed by atoms with Gasteiger partial charge in [-0.15, -0.1) is 0 Å². The molecule has 1 unspecified atom stereocenters. The molecule has 2 amide bonds. The average molecular weight is 729 g/mol. The number of piperazine rings is 1. The molecule has 0 bridgehead atoms. The second kappa shape index (κ2) is 29.8. The van der Waals surface area contributed by atoms with Gasteiger partial charge in [0.1, 0.15) is 11.8 Å². The van der Waals surface area contributed by atoms with Crippen LogP contribution >= 0.6 is 0 Å². The molecule has 0 spiro atoms. The first-order chi connectivity index (χ1) is 25.4. The molecule has 1 aliphatic heterocycles. The lowest BCUT2D eigenvalue weighted by molar-refractivity contribution is -0.154. The highest BCUT2D eigenvalue weighted by atomic mass is 16.5. The first-order valence-electron chi connectivity index (χ1n) is 21.1. The zero-order valence-electron chi connectivity index (χ0n) is 33.8.